The number of methoxy groups -OCH3 is 1. The van der Waals surface area contributed by atoms with Crippen LogP contribution in [0.25, 0.3) is 0 Å². The van der Waals surface area contributed by atoms with Gasteiger partial charge in [-0.05, 0) is 30.5 Å². The lowest BCUT2D eigenvalue weighted by atomic mass is 10.1. The molecule has 0 amide bonds. The van der Waals surface area contributed by atoms with Crippen LogP contribution in [0.4, 0.5) is 0 Å². The monoisotopic (exact) mass is 272 g/mol. The van der Waals surface area contributed by atoms with Crippen molar-refractivity contribution < 1.29 is 14.9 Å². The molecule has 82 valence electrons. The molecule has 0 atom stereocenters. The lowest BCUT2D eigenvalue weighted by molar-refractivity contribution is 0.150. The van der Waals surface area contributed by atoms with E-state index < -0.39 is 5.60 Å². The van der Waals surface area contributed by atoms with Gasteiger partial charge in [0.2, 0.25) is 0 Å². The number of phenols is 1. The molecule has 2 N–H and O–H groups in total. The zero-order valence-electron chi connectivity index (χ0n) is 8.46. The molecule has 1 fully saturated rings. The SMILES string of the molecule is COc1cc(Br)c(CC2(O)CC2)cc1O. The molecular weight excluding hydrogens is 260 g/mol. The topological polar surface area (TPSA) is 49.7 Å². The molecule has 0 unspecified atom stereocenters. The fourth-order valence-electron chi connectivity index (χ4n) is 1.56. The Morgan fingerprint density at radius 1 is 1.47 bits per heavy atom. The smallest absolute Gasteiger partial charge is 0.161 e. The molecule has 1 aliphatic carbocycles. The maximum atomic E-state index is 9.79. The zero-order chi connectivity index (χ0) is 11.1. The van der Waals surface area contributed by atoms with Crippen molar-refractivity contribution >= 4 is 15.9 Å². The zero-order valence-corrected chi connectivity index (χ0v) is 10.0. The first kappa shape index (κ1) is 10.8. The van der Waals surface area contributed by atoms with Gasteiger partial charge < -0.3 is 14.9 Å². The number of hydrogen-bond acceptors (Lipinski definition) is 3. The number of hydrogen-bond donors (Lipinski definition) is 2. The van der Waals surface area contributed by atoms with E-state index in [1.165, 1.54) is 7.11 Å². The van der Waals surface area contributed by atoms with Crippen LogP contribution in [0.15, 0.2) is 16.6 Å². The van der Waals surface area contributed by atoms with E-state index in [-0.39, 0.29) is 5.75 Å². The Bertz CT molecular complexity index is 386. The molecule has 0 spiro atoms. The van der Waals surface area contributed by atoms with Crippen molar-refractivity contribution in [1.82, 2.24) is 0 Å². The van der Waals surface area contributed by atoms with Gasteiger partial charge in [0.25, 0.3) is 0 Å². The second-order valence-electron chi connectivity index (χ2n) is 4.02. The highest BCUT2D eigenvalue weighted by Gasteiger charge is 2.40. The first-order valence-corrected chi connectivity index (χ1v) is 5.61. The van der Waals surface area contributed by atoms with Gasteiger partial charge >= 0.3 is 0 Å². The molecule has 1 aromatic rings. The molecule has 1 aliphatic rings. The van der Waals surface area contributed by atoms with Crippen molar-refractivity contribution in [3.63, 3.8) is 0 Å². The fraction of sp³-hybridized carbons (Fsp3) is 0.455. The van der Waals surface area contributed by atoms with Crippen LogP contribution in [0, 0.1) is 0 Å². The maximum absolute atomic E-state index is 9.79. The number of ether oxygens (including phenoxy) is 1. The van der Waals surface area contributed by atoms with Gasteiger partial charge in [-0.25, -0.2) is 0 Å². The standard InChI is InChI=1S/C11H13BrO3/c1-15-10-5-8(12)7(4-9(10)13)6-11(14)2-3-11/h4-5,13-14H,2-3,6H2,1H3. The number of aliphatic hydroxyl groups is 1. The first-order valence-electron chi connectivity index (χ1n) is 4.82. The summed E-state index contributed by atoms with van der Waals surface area (Å²) in [7, 11) is 1.51. The van der Waals surface area contributed by atoms with Gasteiger partial charge in [-0.15, -0.1) is 0 Å². The quantitative estimate of drug-likeness (QED) is 0.887. The van der Waals surface area contributed by atoms with Crippen molar-refractivity contribution in [2.75, 3.05) is 7.11 Å². The van der Waals surface area contributed by atoms with E-state index in [2.05, 4.69) is 15.9 Å². The van der Waals surface area contributed by atoms with Crippen molar-refractivity contribution in [3.05, 3.63) is 22.2 Å². The van der Waals surface area contributed by atoms with E-state index in [9.17, 15) is 10.2 Å². The lowest BCUT2D eigenvalue weighted by Crippen LogP contribution is -2.11. The summed E-state index contributed by atoms with van der Waals surface area (Å²) < 4.78 is 5.84. The predicted octanol–water partition coefficient (Wildman–Crippen LogP) is 2.23. The molecule has 4 heteroatoms. The van der Waals surface area contributed by atoms with E-state index in [0.29, 0.717) is 12.2 Å². The largest absolute Gasteiger partial charge is 0.504 e. The Hall–Kier alpha value is -0.740. The Kier molecular flexibility index (Phi) is 2.64. The van der Waals surface area contributed by atoms with Gasteiger partial charge in [0.05, 0.1) is 12.7 Å². The minimum Gasteiger partial charge on any atom is -0.504 e. The molecule has 0 heterocycles. The third kappa shape index (κ3) is 2.26. The summed E-state index contributed by atoms with van der Waals surface area (Å²) in [5.41, 5.74) is 0.358. The van der Waals surface area contributed by atoms with Crippen LogP contribution in [0.2, 0.25) is 0 Å². The molecule has 0 saturated heterocycles. The normalized spacial score (nSPS) is 17.5. The summed E-state index contributed by atoms with van der Waals surface area (Å²) in [6.45, 7) is 0. The van der Waals surface area contributed by atoms with Gasteiger partial charge in [-0.3, -0.25) is 0 Å². The minimum atomic E-state index is -0.552. The van der Waals surface area contributed by atoms with Crippen LogP contribution in [-0.4, -0.2) is 22.9 Å². The first-order chi connectivity index (χ1) is 7.04. The summed E-state index contributed by atoms with van der Waals surface area (Å²) in [5.74, 6) is 0.549. The number of rotatable bonds is 3. The Labute approximate surface area is 96.8 Å². The van der Waals surface area contributed by atoms with Gasteiger partial charge in [0, 0.05) is 10.9 Å². The summed E-state index contributed by atoms with van der Waals surface area (Å²) in [4.78, 5) is 0. The van der Waals surface area contributed by atoms with E-state index in [1.54, 1.807) is 12.1 Å². The Morgan fingerprint density at radius 3 is 2.67 bits per heavy atom. The molecule has 1 saturated carbocycles. The summed E-state index contributed by atoms with van der Waals surface area (Å²) in [6, 6.07) is 3.36. The average molecular weight is 273 g/mol. The Morgan fingerprint density at radius 2 is 2.13 bits per heavy atom. The van der Waals surface area contributed by atoms with Gasteiger partial charge in [-0.2, -0.15) is 0 Å². The van der Waals surface area contributed by atoms with E-state index in [0.717, 1.165) is 22.9 Å². The van der Waals surface area contributed by atoms with Crippen LogP contribution in [0.1, 0.15) is 18.4 Å². The average Bonchev–Trinajstić information content (AvgIpc) is 2.89. The molecule has 2 rings (SSSR count). The highest BCUT2D eigenvalue weighted by molar-refractivity contribution is 9.10. The minimum absolute atomic E-state index is 0.111. The van der Waals surface area contributed by atoms with Crippen LogP contribution < -0.4 is 4.74 Å². The van der Waals surface area contributed by atoms with Crippen molar-refractivity contribution in [3.8, 4) is 11.5 Å². The van der Waals surface area contributed by atoms with E-state index in [1.807, 2.05) is 0 Å². The van der Waals surface area contributed by atoms with E-state index in [4.69, 9.17) is 4.74 Å². The number of aromatic hydroxyl groups is 1. The second kappa shape index (κ2) is 3.68. The molecule has 3 nitrogen and oxygen atoms in total. The van der Waals surface area contributed by atoms with Crippen molar-refractivity contribution in [2.45, 2.75) is 24.9 Å². The summed E-state index contributed by atoms with van der Waals surface area (Å²) in [6.07, 6.45) is 2.25. The third-order valence-electron chi connectivity index (χ3n) is 2.69. The van der Waals surface area contributed by atoms with Crippen LogP contribution in [0.5, 0.6) is 11.5 Å². The van der Waals surface area contributed by atoms with Crippen LogP contribution in [0.3, 0.4) is 0 Å². The van der Waals surface area contributed by atoms with Gasteiger partial charge in [-0.1, -0.05) is 15.9 Å². The fourth-order valence-corrected chi connectivity index (χ4v) is 2.02. The molecule has 0 aliphatic heterocycles. The van der Waals surface area contributed by atoms with Crippen molar-refractivity contribution in [2.24, 2.45) is 0 Å². The number of phenolic OH excluding ortho intramolecular Hbond substituents is 1. The van der Waals surface area contributed by atoms with Crippen molar-refractivity contribution in [1.29, 1.82) is 0 Å². The maximum Gasteiger partial charge on any atom is 0.161 e. The number of halogens is 1. The summed E-state index contributed by atoms with van der Waals surface area (Å²) >= 11 is 3.40. The summed E-state index contributed by atoms with van der Waals surface area (Å²) in [5, 5.41) is 19.4. The molecule has 1 aromatic carbocycles. The molecular formula is C11H13BrO3. The molecule has 0 aromatic heterocycles. The second-order valence-corrected chi connectivity index (χ2v) is 4.87. The number of benzene rings is 1. The lowest BCUT2D eigenvalue weighted by Gasteiger charge is -2.12. The predicted molar refractivity (Wildman–Crippen MR) is 60.2 cm³/mol. The van der Waals surface area contributed by atoms with Crippen LogP contribution >= 0.6 is 15.9 Å². The Balaban J connectivity index is 2.28. The molecule has 0 bridgehead atoms. The highest BCUT2D eigenvalue weighted by atomic mass is 79.9. The van der Waals surface area contributed by atoms with Gasteiger partial charge in [0.1, 0.15) is 0 Å². The van der Waals surface area contributed by atoms with Gasteiger partial charge in [0.15, 0.2) is 11.5 Å². The molecule has 0 radical (unpaired) electrons. The van der Waals surface area contributed by atoms with E-state index >= 15 is 0 Å². The molecule has 15 heavy (non-hydrogen) atoms. The van der Waals surface area contributed by atoms with Crippen LogP contribution in [-0.2, 0) is 6.42 Å². The highest BCUT2D eigenvalue weighted by Crippen LogP contribution is 2.41. The third-order valence-corrected chi connectivity index (χ3v) is 3.43.